The fourth-order valence-corrected chi connectivity index (χ4v) is 3.71. The molecule has 2 aromatic rings. The Morgan fingerprint density at radius 1 is 1.14 bits per heavy atom. The van der Waals surface area contributed by atoms with Gasteiger partial charge in [-0.15, -0.1) is 0 Å². The monoisotopic (exact) mass is 440 g/mol. The first-order valence-electron chi connectivity index (χ1n) is 8.99. The van der Waals surface area contributed by atoms with E-state index >= 15 is 0 Å². The van der Waals surface area contributed by atoms with E-state index in [1.165, 1.54) is 27.3 Å². The predicted octanol–water partition coefficient (Wildman–Crippen LogP) is 2.73. The molecule has 2 aromatic carbocycles. The molecular weight excluding hydrogens is 416 g/mol. The number of aryl methyl sites for hydroxylation is 1. The summed E-state index contributed by atoms with van der Waals surface area (Å²) < 4.78 is 36.6. The number of ether oxygens (including phenoxy) is 2. The minimum absolute atomic E-state index is 0.159. The maximum absolute atomic E-state index is 12.3. The van der Waals surface area contributed by atoms with Gasteiger partial charge in [0.25, 0.3) is 0 Å². The number of hydrogen-bond acceptors (Lipinski definition) is 5. The molecule has 0 saturated carbocycles. The van der Waals surface area contributed by atoms with Crippen LogP contribution in [0.4, 0.5) is 0 Å². The largest absolute Gasteiger partial charge is 0.496 e. The van der Waals surface area contributed by atoms with E-state index in [0.29, 0.717) is 35.1 Å². The van der Waals surface area contributed by atoms with Crippen LogP contribution in [0, 0.1) is 0 Å². The second-order valence-corrected chi connectivity index (χ2v) is 8.95. The fraction of sp³-hybridized carbons (Fsp3) is 0.350. The molecule has 1 amide bonds. The van der Waals surface area contributed by atoms with E-state index in [9.17, 15) is 13.2 Å². The average Bonchev–Trinajstić information content (AvgIpc) is 2.70. The van der Waals surface area contributed by atoms with Crippen molar-refractivity contribution in [2.75, 3.05) is 34.4 Å². The van der Waals surface area contributed by atoms with Crippen LogP contribution in [0.1, 0.15) is 12.0 Å². The van der Waals surface area contributed by atoms with Gasteiger partial charge >= 0.3 is 0 Å². The maximum atomic E-state index is 12.3. The third kappa shape index (κ3) is 6.35. The molecule has 9 heteroatoms. The third-order valence-electron chi connectivity index (χ3n) is 4.17. The summed E-state index contributed by atoms with van der Waals surface area (Å²) in [5.74, 6) is 0.931. The number of sulfonamides is 1. The summed E-state index contributed by atoms with van der Waals surface area (Å²) in [5, 5.41) is 3.28. The summed E-state index contributed by atoms with van der Waals surface area (Å²) in [6.45, 7) is 0.617. The van der Waals surface area contributed by atoms with Crippen LogP contribution in [0.25, 0.3) is 0 Å². The maximum Gasteiger partial charge on any atom is 0.242 e. The summed E-state index contributed by atoms with van der Waals surface area (Å²) in [6.07, 6.45) is 0.533. The highest BCUT2D eigenvalue weighted by Gasteiger charge is 2.19. The van der Waals surface area contributed by atoms with Crippen molar-refractivity contribution in [3.05, 3.63) is 53.1 Å². The highest BCUT2D eigenvalue weighted by Crippen LogP contribution is 2.25. The summed E-state index contributed by atoms with van der Waals surface area (Å²) in [7, 11) is 0.884. The van der Waals surface area contributed by atoms with E-state index in [-0.39, 0.29) is 23.8 Å². The zero-order valence-electron chi connectivity index (χ0n) is 16.6. The lowest BCUT2D eigenvalue weighted by molar-refractivity contribution is -0.121. The van der Waals surface area contributed by atoms with Crippen molar-refractivity contribution in [2.24, 2.45) is 0 Å². The summed E-state index contributed by atoms with van der Waals surface area (Å²) in [4.78, 5) is 12.3. The zero-order valence-corrected chi connectivity index (χ0v) is 18.2. The van der Waals surface area contributed by atoms with E-state index in [2.05, 4.69) is 5.32 Å². The molecule has 158 valence electrons. The molecule has 0 aliphatic carbocycles. The Morgan fingerprint density at radius 3 is 2.52 bits per heavy atom. The van der Waals surface area contributed by atoms with E-state index in [4.69, 9.17) is 21.1 Å². The van der Waals surface area contributed by atoms with E-state index < -0.39 is 10.0 Å². The van der Waals surface area contributed by atoms with Crippen LogP contribution in [0.2, 0.25) is 5.02 Å². The number of methoxy groups -OCH3 is 1. The Labute approximate surface area is 176 Å². The number of para-hydroxylation sites is 1. The highest BCUT2D eigenvalue weighted by molar-refractivity contribution is 7.89. The summed E-state index contributed by atoms with van der Waals surface area (Å²) in [5.41, 5.74) is 0.651. The van der Waals surface area contributed by atoms with E-state index in [0.717, 1.165) is 4.31 Å². The minimum atomic E-state index is -3.56. The molecule has 0 aromatic heterocycles. The van der Waals surface area contributed by atoms with Crippen molar-refractivity contribution in [2.45, 2.75) is 17.7 Å². The Morgan fingerprint density at radius 2 is 1.86 bits per heavy atom. The van der Waals surface area contributed by atoms with Crippen molar-refractivity contribution < 1.29 is 22.7 Å². The smallest absolute Gasteiger partial charge is 0.242 e. The van der Waals surface area contributed by atoms with Gasteiger partial charge < -0.3 is 14.8 Å². The minimum Gasteiger partial charge on any atom is -0.496 e. The SMILES string of the molecule is COc1ccc(S(=O)(=O)N(C)C)cc1CCC(=O)NCCOc1ccccc1Cl. The molecule has 29 heavy (non-hydrogen) atoms. The van der Waals surface area contributed by atoms with Crippen molar-refractivity contribution in [1.29, 1.82) is 0 Å². The van der Waals surface area contributed by atoms with Gasteiger partial charge in [-0.05, 0) is 42.3 Å². The highest BCUT2D eigenvalue weighted by atomic mass is 35.5. The van der Waals surface area contributed by atoms with Crippen molar-refractivity contribution in [3.8, 4) is 11.5 Å². The molecule has 7 nitrogen and oxygen atoms in total. The van der Waals surface area contributed by atoms with Gasteiger partial charge in [-0.3, -0.25) is 4.79 Å². The molecule has 0 aliphatic heterocycles. The number of benzene rings is 2. The normalized spacial score (nSPS) is 11.3. The first kappa shape index (κ1) is 23.0. The number of nitrogens with one attached hydrogen (secondary N) is 1. The summed E-state index contributed by atoms with van der Waals surface area (Å²) >= 11 is 6.01. The van der Waals surface area contributed by atoms with Gasteiger partial charge in [-0.1, -0.05) is 23.7 Å². The quantitative estimate of drug-likeness (QED) is 0.574. The predicted molar refractivity (Wildman–Crippen MR) is 112 cm³/mol. The number of amides is 1. The Bertz CT molecular complexity index is 948. The molecule has 2 rings (SSSR count). The van der Waals surface area contributed by atoms with Gasteiger partial charge in [0.2, 0.25) is 15.9 Å². The van der Waals surface area contributed by atoms with Crippen LogP contribution >= 0.6 is 11.6 Å². The van der Waals surface area contributed by atoms with Crippen LogP contribution in [-0.2, 0) is 21.2 Å². The average molecular weight is 441 g/mol. The Balaban J connectivity index is 1.89. The molecule has 0 bridgehead atoms. The topological polar surface area (TPSA) is 84.9 Å². The second kappa shape index (κ2) is 10.5. The first-order chi connectivity index (χ1) is 13.8. The Kier molecular flexibility index (Phi) is 8.31. The molecule has 0 saturated heterocycles. The third-order valence-corrected chi connectivity index (χ3v) is 6.29. The fourth-order valence-electron chi connectivity index (χ4n) is 2.57. The molecule has 1 N–H and O–H groups in total. The van der Waals surface area contributed by atoms with Gasteiger partial charge in [-0.2, -0.15) is 0 Å². The molecule has 0 radical (unpaired) electrons. The molecule has 0 atom stereocenters. The number of carbonyl (C=O) groups excluding carboxylic acids is 1. The zero-order chi connectivity index (χ0) is 21.4. The molecule has 0 spiro atoms. The van der Waals surface area contributed by atoms with Gasteiger partial charge in [0.05, 0.1) is 23.6 Å². The second-order valence-electron chi connectivity index (χ2n) is 6.39. The van der Waals surface area contributed by atoms with Gasteiger partial charge in [0.1, 0.15) is 18.1 Å². The Hall–Kier alpha value is -2.29. The number of halogens is 1. The summed E-state index contributed by atoms with van der Waals surface area (Å²) in [6, 6.07) is 11.7. The lowest BCUT2D eigenvalue weighted by Gasteiger charge is -2.14. The lowest BCUT2D eigenvalue weighted by atomic mass is 10.1. The van der Waals surface area contributed by atoms with Gasteiger partial charge in [0.15, 0.2) is 0 Å². The van der Waals surface area contributed by atoms with E-state index in [1.807, 2.05) is 12.1 Å². The number of nitrogens with zero attached hydrogens (tertiary/aromatic N) is 1. The van der Waals surface area contributed by atoms with Crippen molar-refractivity contribution in [1.82, 2.24) is 9.62 Å². The number of carbonyl (C=O) groups is 1. The molecule has 0 unspecified atom stereocenters. The molecular formula is C20H25ClN2O5S. The van der Waals surface area contributed by atoms with Crippen molar-refractivity contribution in [3.63, 3.8) is 0 Å². The van der Waals surface area contributed by atoms with Crippen LogP contribution in [0.15, 0.2) is 47.4 Å². The van der Waals surface area contributed by atoms with E-state index in [1.54, 1.807) is 24.3 Å². The first-order valence-corrected chi connectivity index (χ1v) is 10.8. The molecule has 0 fully saturated rings. The number of hydrogen-bond donors (Lipinski definition) is 1. The van der Waals surface area contributed by atoms with Crippen LogP contribution in [0.3, 0.4) is 0 Å². The standard InChI is InChI=1S/C20H25ClN2O5S/c1-23(2)29(25,26)16-9-10-18(27-3)15(14-16)8-11-20(24)22-12-13-28-19-7-5-4-6-17(19)21/h4-7,9-10,14H,8,11-13H2,1-3H3,(H,22,24). The van der Waals surface area contributed by atoms with Gasteiger partial charge in [-0.25, -0.2) is 12.7 Å². The van der Waals surface area contributed by atoms with Gasteiger partial charge in [0, 0.05) is 20.5 Å². The van der Waals surface area contributed by atoms with Crippen LogP contribution in [-0.4, -0.2) is 53.0 Å². The van der Waals surface area contributed by atoms with Crippen LogP contribution < -0.4 is 14.8 Å². The number of rotatable bonds is 10. The van der Waals surface area contributed by atoms with Crippen LogP contribution in [0.5, 0.6) is 11.5 Å². The van der Waals surface area contributed by atoms with Crippen molar-refractivity contribution >= 4 is 27.5 Å². The molecule has 0 aliphatic rings. The molecule has 0 heterocycles. The lowest BCUT2D eigenvalue weighted by Crippen LogP contribution is -2.28.